The number of rotatable bonds is 8. The van der Waals surface area contributed by atoms with Crippen molar-refractivity contribution >= 4 is 27.6 Å². The van der Waals surface area contributed by atoms with Crippen LogP contribution in [0.15, 0.2) is 41.3 Å². The first-order valence-electron chi connectivity index (χ1n) is 11.1. The number of carbonyl (C=O) groups excluding carboxylic acids is 2. The summed E-state index contributed by atoms with van der Waals surface area (Å²) < 4.78 is 43.4. The third-order valence-electron chi connectivity index (χ3n) is 5.60. The van der Waals surface area contributed by atoms with Gasteiger partial charge in [-0.15, -0.1) is 0 Å². The fourth-order valence-electron chi connectivity index (χ4n) is 3.75. The Kier molecular flexibility index (Phi) is 8.51. The van der Waals surface area contributed by atoms with Crippen LogP contribution in [0.25, 0.3) is 0 Å². The molecule has 0 atom stereocenters. The van der Waals surface area contributed by atoms with Crippen LogP contribution in [0.5, 0.6) is 11.5 Å². The smallest absolute Gasteiger partial charge is 0.337 e. The summed E-state index contributed by atoms with van der Waals surface area (Å²) >= 11 is 0. The molecule has 1 N–H and O–H groups in total. The van der Waals surface area contributed by atoms with Gasteiger partial charge in [-0.1, -0.05) is 18.9 Å². The van der Waals surface area contributed by atoms with Crippen molar-refractivity contribution in [3.05, 3.63) is 47.5 Å². The molecule has 2 aromatic rings. The third-order valence-corrected chi connectivity index (χ3v) is 7.64. The van der Waals surface area contributed by atoms with E-state index in [1.54, 1.807) is 19.1 Å². The van der Waals surface area contributed by atoms with Crippen LogP contribution < -0.4 is 14.8 Å². The van der Waals surface area contributed by atoms with Crippen LogP contribution in [-0.2, 0) is 19.6 Å². The first-order chi connectivity index (χ1) is 16.3. The topological polar surface area (TPSA) is 111 Å². The lowest BCUT2D eigenvalue weighted by Crippen LogP contribution is -2.32. The lowest BCUT2D eigenvalue weighted by Gasteiger charge is -2.21. The maximum absolute atomic E-state index is 13.2. The predicted octanol–water partition coefficient (Wildman–Crippen LogP) is 3.37. The van der Waals surface area contributed by atoms with Gasteiger partial charge in [0.25, 0.3) is 5.91 Å². The highest BCUT2D eigenvalue weighted by atomic mass is 32.2. The Bertz CT molecular complexity index is 1140. The molecule has 2 aromatic carbocycles. The number of aryl methyl sites for hydroxylation is 1. The fourth-order valence-corrected chi connectivity index (χ4v) is 5.52. The van der Waals surface area contributed by atoms with Gasteiger partial charge in [-0.2, -0.15) is 4.31 Å². The Morgan fingerprint density at radius 1 is 0.971 bits per heavy atom. The molecule has 1 aliphatic rings. The van der Waals surface area contributed by atoms with E-state index in [1.165, 1.54) is 42.8 Å². The van der Waals surface area contributed by atoms with E-state index in [4.69, 9.17) is 9.47 Å². The second-order valence-electron chi connectivity index (χ2n) is 7.99. The van der Waals surface area contributed by atoms with Crippen LogP contribution in [0.4, 0.5) is 5.69 Å². The minimum absolute atomic E-state index is 0.188. The monoisotopic (exact) mass is 490 g/mol. The Hall–Kier alpha value is -3.11. The highest BCUT2D eigenvalue weighted by Crippen LogP contribution is 2.29. The van der Waals surface area contributed by atoms with Crippen molar-refractivity contribution in [2.75, 3.05) is 39.2 Å². The van der Waals surface area contributed by atoms with Gasteiger partial charge in [-0.05, 0) is 55.7 Å². The molecule has 0 aliphatic carbocycles. The summed E-state index contributed by atoms with van der Waals surface area (Å²) in [4.78, 5) is 24.4. The largest absolute Gasteiger partial charge is 0.493 e. The first-order valence-corrected chi connectivity index (χ1v) is 12.5. The van der Waals surface area contributed by atoms with Gasteiger partial charge in [0.05, 0.1) is 24.7 Å². The van der Waals surface area contributed by atoms with E-state index in [-0.39, 0.29) is 28.6 Å². The second kappa shape index (κ2) is 11.3. The molecule has 0 spiro atoms. The summed E-state index contributed by atoms with van der Waals surface area (Å²) in [6.45, 7) is 2.41. The van der Waals surface area contributed by atoms with Gasteiger partial charge < -0.3 is 19.5 Å². The average molecular weight is 491 g/mol. The molecule has 184 valence electrons. The van der Waals surface area contributed by atoms with Gasteiger partial charge in [-0.25, -0.2) is 13.2 Å². The number of carbonyl (C=O) groups is 2. The van der Waals surface area contributed by atoms with E-state index in [9.17, 15) is 18.0 Å². The van der Waals surface area contributed by atoms with Crippen LogP contribution >= 0.6 is 0 Å². The quantitative estimate of drug-likeness (QED) is 0.565. The summed E-state index contributed by atoms with van der Waals surface area (Å²) in [6.07, 6.45) is 3.74. The summed E-state index contributed by atoms with van der Waals surface area (Å²) in [5, 5.41) is 2.68. The number of nitrogens with one attached hydrogen (secondary N) is 1. The standard InChI is InChI=1S/C24H30N2O7S/c1-17-8-10-19(15-22(17)34(29,30)26-12-6-4-5-7-13-26)25-23(27)16-33-20-11-9-18(24(28)32-3)14-21(20)31-2/h8-11,14-15H,4-7,12-13,16H2,1-3H3,(H,25,27). The third kappa shape index (κ3) is 6.06. The maximum atomic E-state index is 13.2. The van der Waals surface area contributed by atoms with Crippen LogP contribution in [0.2, 0.25) is 0 Å². The van der Waals surface area contributed by atoms with Gasteiger partial charge in [-0.3, -0.25) is 4.79 Å². The molecule has 1 amide bonds. The summed E-state index contributed by atoms with van der Waals surface area (Å²) in [5.41, 5.74) is 1.27. The molecular weight excluding hydrogens is 460 g/mol. The van der Waals surface area contributed by atoms with E-state index in [0.29, 0.717) is 24.3 Å². The molecule has 0 saturated carbocycles. The van der Waals surface area contributed by atoms with Crippen LogP contribution in [0, 0.1) is 6.92 Å². The lowest BCUT2D eigenvalue weighted by atomic mass is 10.2. The van der Waals surface area contributed by atoms with Crippen molar-refractivity contribution in [3.63, 3.8) is 0 Å². The maximum Gasteiger partial charge on any atom is 0.337 e. The minimum Gasteiger partial charge on any atom is -0.493 e. The summed E-state index contributed by atoms with van der Waals surface area (Å²) in [6, 6.07) is 9.28. The fraction of sp³-hybridized carbons (Fsp3) is 0.417. The van der Waals surface area contributed by atoms with Gasteiger partial charge in [0, 0.05) is 18.8 Å². The van der Waals surface area contributed by atoms with E-state index in [1.807, 2.05) is 0 Å². The number of hydrogen-bond donors (Lipinski definition) is 1. The molecule has 0 bridgehead atoms. The molecule has 0 aromatic heterocycles. The van der Waals surface area contributed by atoms with Crippen molar-refractivity contribution in [2.45, 2.75) is 37.5 Å². The van der Waals surface area contributed by atoms with Gasteiger partial charge in [0.1, 0.15) is 0 Å². The van der Waals surface area contributed by atoms with Gasteiger partial charge in [0.2, 0.25) is 10.0 Å². The SMILES string of the molecule is COC(=O)c1ccc(OCC(=O)Nc2ccc(C)c(S(=O)(=O)N3CCCCCC3)c2)c(OC)c1. The summed E-state index contributed by atoms with van der Waals surface area (Å²) in [5.74, 6) is -0.440. The Labute approximate surface area is 200 Å². The number of nitrogens with zero attached hydrogens (tertiary/aromatic N) is 1. The first kappa shape index (κ1) is 25.5. The second-order valence-corrected chi connectivity index (χ2v) is 9.90. The zero-order valence-corrected chi connectivity index (χ0v) is 20.4. The zero-order chi connectivity index (χ0) is 24.7. The number of benzene rings is 2. The van der Waals surface area contributed by atoms with Crippen molar-refractivity contribution in [1.82, 2.24) is 4.31 Å². The highest BCUT2D eigenvalue weighted by Gasteiger charge is 2.27. The predicted molar refractivity (Wildman–Crippen MR) is 127 cm³/mol. The van der Waals surface area contributed by atoms with E-state index < -0.39 is 21.9 Å². The molecule has 1 aliphatic heterocycles. The van der Waals surface area contributed by atoms with Crippen LogP contribution in [-0.4, -0.2) is 58.5 Å². The van der Waals surface area contributed by atoms with E-state index >= 15 is 0 Å². The Morgan fingerprint density at radius 3 is 2.32 bits per heavy atom. The van der Waals surface area contributed by atoms with Crippen molar-refractivity contribution < 1.29 is 32.2 Å². The Morgan fingerprint density at radius 2 is 1.68 bits per heavy atom. The van der Waals surface area contributed by atoms with E-state index in [0.717, 1.165) is 25.7 Å². The number of ether oxygens (including phenoxy) is 3. The average Bonchev–Trinajstić information content (AvgIpc) is 3.13. The van der Waals surface area contributed by atoms with Crippen molar-refractivity contribution in [1.29, 1.82) is 0 Å². The normalized spacial score (nSPS) is 14.7. The number of methoxy groups -OCH3 is 2. The van der Waals surface area contributed by atoms with Crippen molar-refractivity contribution in [2.24, 2.45) is 0 Å². The van der Waals surface area contributed by atoms with E-state index in [2.05, 4.69) is 10.1 Å². The molecule has 0 unspecified atom stereocenters. The molecule has 1 saturated heterocycles. The number of amides is 1. The molecular formula is C24H30N2O7S. The molecule has 10 heteroatoms. The molecule has 3 rings (SSSR count). The number of esters is 1. The van der Waals surface area contributed by atoms with Crippen molar-refractivity contribution in [3.8, 4) is 11.5 Å². The molecule has 0 radical (unpaired) electrons. The minimum atomic E-state index is -3.66. The van der Waals surface area contributed by atoms with Crippen LogP contribution in [0.1, 0.15) is 41.6 Å². The number of hydrogen-bond acceptors (Lipinski definition) is 7. The lowest BCUT2D eigenvalue weighted by molar-refractivity contribution is -0.118. The van der Waals surface area contributed by atoms with Gasteiger partial charge >= 0.3 is 5.97 Å². The number of sulfonamides is 1. The molecule has 1 fully saturated rings. The highest BCUT2D eigenvalue weighted by molar-refractivity contribution is 7.89. The number of anilines is 1. The van der Waals surface area contributed by atoms with Crippen LogP contribution in [0.3, 0.4) is 0 Å². The zero-order valence-electron chi connectivity index (χ0n) is 19.6. The Balaban J connectivity index is 1.69. The molecule has 1 heterocycles. The van der Waals surface area contributed by atoms with Gasteiger partial charge in [0.15, 0.2) is 18.1 Å². The molecule has 34 heavy (non-hydrogen) atoms. The molecule has 9 nitrogen and oxygen atoms in total. The summed E-state index contributed by atoms with van der Waals surface area (Å²) in [7, 11) is -0.960.